The third-order valence-corrected chi connectivity index (χ3v) is 3.99. The van der Waals surface area contributed by atoms with Crippen molar-refractivity contribution in [1.29, 1.82) is 0 Å². The first-order chi connectivity index (χ1) is 12.4. The number of carbonyl (C=O) groups is 1. The van der Waals surface area contributed by atoms with Crippen molar-refractivity contribution in [2.75, 3.05) is 0 Å². The molecule has 0 bridgehead atoms. The second kappa shape index (κ2) is 7.12. The number of ether oxygens (including phenoxy) is 1. The second-order valence-corrected chi connectivity index (χ2v) is 6.18. The van der Waals surface area contributed by atoms with Crippen molar-refractivity contribution in [2.24, 2.45) is 0 Å². The minimum absolute atomic E-state index is 0.0447. The first kappa shape index (κ1) is 17.9. The van der Waals surface area contributed by atoms with Crippen LogP contribution in [0.4, 0.5) is 8.78 Å². The van der Waals surface area contributed by atoms with Crippen molar-refractivity contribution < 1.29 is 18.3 Å². The van der Waals surface area contributed by atoms with Crippen LogP contribution in [0.1, 0.15) is 12.7 Å². The van der Waals surface area contributed by atoms with Crippen LogP contribution in [0.2, 0.25) is 0 Å². The Bertz CT molecular complexity index is 952. The van der Waals surface area contributed by atoms with Gasteiger partial charge in [-0.05, 0) is 30.3 Å². The molecule has 9 heteroatoms. The molecular formula is C17H14F2N4O2S. The summed E-state index contributed by atoms with van der Waals surface area (Å²) in [6, 6.07) is 6.11. The molecule has 6 nitrogen and oxygen atoms in total. The van der Waals surface area contributed by atoms with Crippen molar-refractivity contribution in [3.05, 3.63) is 48.3 Å². The lowest BCUT2D eigenvalue weighted by molar-refractivity contribution is -0.158. The van der Waals surface area contributed by atoms with Crippen LogP contribution in [-0.2, 0) is 11.3 Å². The molecule has 1 N–H and O–H groups in total. The highest BCUT2D eigenvalue weighted by atomic mass is 32.1. The van der Waals surface area contributed by atoms with Gasteiger partial charge in [-0.1, -0.05) is 6.58 Å². The predicted octanol–water partition coefficient (Wildman–Crippen LogP) is 3.55. The zero-order valence-electron chi connectivity index (χ0n) is 13.7. The number of thiazole rings is 1. The van der Waals surface area contributed by atoms with Gasteiger partial charge in [0.1, 0.15) is 27.6 Å². The van der Waals surface area contributed by atoms with E-state index in [1.54, 1.807) is 17.6 Å². The molecule has 0 saturated carbocycles. The maximum absolute atomic E-state index is 12.9. The topological polar surface area (TPSA) is 77.0 Å². The standard InChI is InChI=1S/C17H14F2N4O2S/c1-3-13(24)20-8-12-22-14(15-16(23-12)26-9-21-15)10-4-6-11(7-5-10)25-17(2,18)19/h3-7,9H,1,8H2,2H3,(H,20,24). The summed E-state index contributed by atoms with van der Waals surface area (Å²) in [7, 11) is 0. The molecule has 1 amide bonds. The highest BCUT2D eigenvalue weighted by Gasteiger charge is 2.23. The number of halogens is 2. The minimum Gasteiger partial charge on any atom is -0.433 e. The van der Waals surface area contributed by atoms with Gasteiger partial charge in [0.2, 0.25) is 5.91 Å². The van der Waals surface area contributed by atoms with E-state index in [-0.39, 0.29) is 18.2 Å². The van der Waals surface area contributed by atoms with Crippen molar-refractivity contribution >= 4 is 27.6 Å². The highest BCUT2D eigenvalue weighted by Crippen LogP contribution is 2.29. The van der Waals surface area contributed by atoms with Crippen molar-refractivity contribution in [3.8, 4) is 17.0 Å². The molecule has 3 aromatic rings. The van der Waals surface area contributed by atoms with Crippen LogP contribution in [-0.4, -0.2) is 27.0 Å². The highest BCUT2D eigenvalue weighted by molar-refractivity contribution is 7.16. The Morgan fingerprint density at radius 1 is 1.35 bits per heavy atom. The summed E-state index contributed by atoms with van der Waals surface area (Å²) >= 11 is 1.34. The van der Waals surface area contributed by atoms with Crippen molar-refractivity contribution in [1.82, 2.24) is 20.3 Å². The number of carbonyl (C=O) groups excluding carboxylic acids is 1. The lowest BCUT2D eigenvalue weighted by Crippen LogP contribution is -2.21. The molecule has 26 heavy (non-hydrogen) atoms. The minimum atomic E-state index is -3.25. The summed E-state index contributed by atoms with van der Waals surface area (Å²) in [4.78, 5) is 25.1. The molecule has 0 aliphatic heterocycles. The molecule has 0 radical (unpaired) electrons. The number of alkyl halides is 2. The van der Waals surface area contributed by atoms with E-state index in [0.717, 1.165) is 6.08 Å². The van der Waals surface area contributed by atoms with Gasteiger partial charge in [-0.15, -0.1) is 11.3 Å². The molecule has 0 unspecified atom stereocenters. The lowest BCUT2D eigenvalue weighted by atomic mass is 10.1. The predicted molar refractivity (Wildman–Crippen MR) is 93.9 cm³/mol. The van der Waals surface area contributed by atoms with E-state index in [1.807, 2.05) is 0 Å². The van der Waals surface area contributed by atoms with Gasteiger partial charge in [0.15, 0.2) is 0 Å². The summed E-state index contributed by atoms with van der Waals surface area (Å²) < 4.78 is 30.4. The van der Waals surface area contributed by atoms with Gasteiger partial charge in [0.25, 0.3) is 0 Å². The van der Waals surface area contributed by atoms with Crippen molar-refractivity contribution in [3.63, 3.8) is 0 Å². The van der Waals surface area contributed by atoms with Gasteiger partial charge in [-0.25, -0.2) is 15.0 Å². The summed E-state index contributed by atoms with van der Waals surface area (Å²) in [5.74, 6) is 0.122. The van der Waals surface area contributed by atoms with E-state index in [4.69, 9.17) is 0 Å². The number of amides is 1. The third-order valence-electron chi connectivity index (χ3n) is 3.28. The van der Waals surface area contributed by atoms with E-state index in [2.05, 4.69) is 31.6 Å². The average molecular weight is 376 g/mol. The third kappa shape index (κ3) is 4.17. The van der Waals surface area contributed by atoms with Crippen molar-refractivity contribution in [2.45, 2.75) is 19.6 Å². The van der Waals surface area contributed by atoms with E-state index in [9.17, 15) is 13.6 Å². The van der Waals surface area contributed by atoms with E-state index >= 15 is 0 Å². The monoisotopic (exact) mass is 376 g/mol. The number of hydrogen-bond donors (Lipinski definition) is 1. The van der Waals surface area contributed by atoms with Gasteiger partial charge >= 0.3 is 6.11 Å². The summed E-state index contributed by atoms with van der Waals surface area (Å²) in [6.07, 6.45) is -2.09. The fourth-order valence-corrected chi connectivity index (χ4v) is 2.89. The molecule has 0 aliphatic rings. The molecule has 2 aromatic heterocycles. The van der Waals surface area contributed by atoms with E-state index in [1.165, 1.54) is 23.5 Å². The number of nitrogens with zero attached hydrogens (tertiary/aromatic N) is 3. The number of hydrogen-bond acceptors (Lipinski definition) is 6. The van der Waals surface area contributed by atoms with Crippen LogP contribution in [0.3, 0.4) is 0 Å². The average Bonchev–Trinajstić information content (AvgIpc) is 3.06. The molecule has 0 aliphatic carbocycles. The van der Waals surface area contributed by atoms with Gasteiger partial charge in [0, 0.05) is 12.5 Å². The second-order valence-electron chi connectivity index (χ2n) is 5.35. The van der Waals surface area contributed by atoms with Crippen LogP contribution < -0.4 is 10.1 Å². The zero-order chi connectivity index (χ0) is 18.7. The SMILES string of the molecule is C=CC(=O)NCc1nc(-c2ccc(OC(C)(F)F)cc2)c2ncsc2n1. The fraction of sp³-hybridized carbons (Fsp3) is 0.176. The number of aromatic nitrogens is 3. The Hall–Kier alpha value is -2.94. The van der Waals surface area contributed by atoms with Crippen LogP contribution in [0.15, 0.2) is 42.4 Å². The molecule has 3 rings (SSSR count). The molecule has 1 aromatic carbocycles. The molecule has 134 valence electrons. The van der Waals surface area contributed by atoms with Gasteiger partial charge < -0.3 is 10.1 Å². The molecule has 0 fully saturated rings. The number of nitrogens with one attached hydrogen (secondary N) is 1. The number of benzene rings is 1. The molecule has 0 saturated heterocycles. The Labute approximate surface area is 151 Å². The molecule has 0 spiro atoms. The maximum atomic E-state index is 12.9. The van der Waals surface area contributed by atoms with Crippen LogP contribution in [0.25, 0.3) is 21.6 Å². The van der Waals surface area contributed by atoms with Gasteiger partial charge in [-0.2, -0.15) is 8.78 Å². The van der Waals surface area contributed by atoms with Crippen LogP contribution >= 0.6 is 11.3 Å². The van der Waals surface area contributed by atoms with Gasteiger partial charge in [0.05, 0.1) is 12.1 Å². The largest absolute Gasteiger partial charge is 0.433 e. The van der Waals surface area contributed by atoms with Crippen LogP contribution in [0.5, 0.6) is 5.75 Å². The lowest BCUT2D eigenvalue weighted by Gasteiger charge is -2.13. The quantitative estimate of drug-likeness (QED) is 0.666. The first-order valence-corrected chi connectivity index (χ1v) is 8.41. The molecule has 0 atom stereocenters. The fourth-order valence-electron chi connectivity index (χ4n) is 2.21. The molecule has 2 heterocycles. The first-order valence-electron chi connectivity index (χ1n) is 7.53. The summed E-state index contributed by atoms with van der Waals surface area (Å²) in [5, 5.41) is 2.62. The van der Waals surface area contributed by atoms with E-state index < -0.39 is 6.11 Å². The number of fused-ring (bicyclic) bond motifs is 1. The summed E-state index contributed by atoms with van der Waals surface area (Å²) in [5.41, 5.74) is 3.47. The van der Waals surface area contributed by atoms with Gasteiger partial charge in [-0.3, -0.25) is 4.79 Å². The van der Waals surface area contributed by atoms with Crippen LogP contribution in [0, 0.1) is 0 Å². The smallest absolute Gasteiger partial charge is 0.394 e. The zero-order valence-corrected chi connectivity index (χ0v) is 14.5. The van der Waals surface area contributed by atoms with E-state index in [0.29, 0.717) is 34.4 Å². The summed E-state index contributed by atoms with van der Waals surface area (Å²) in [6.45, 7) is 4.20. The Morgan fingerprint density at radius 2 is 2.08 bits per heavy atom. The molecular weight excluding hydrogens is 362 g/mol. The maximum Gasteiger partial charge on any atom is 0.394 e. The number of rotatable bonds is 6. The Morgan fingerprint density at radius 3 is 2.73 bits per heavy atom. The normalized spacial score (nSPS) is 11.3. The Balaban J connectivity index is 1.94. The Kier molecular flexibility index (Phi) is 4.90.